The minimum Gasteiger partial charge on any atom is -0.493 e. The van der Waals surface area contributed by atoms with Gasteiger partial charge in [-0.05, 0) is 25.1 Å². The molecule has 0 N–H and O–H groups in total. The summed E-state index contributed by atoms with van der Waals surface area (Å²) in [5.41, 5.74) is 1.23. The fourth-order valence-electron chi connectivity index (χ4n) is 3.32. The van der Waals surface area contributed by atoms with Crippen molar-refractivity contribution >= 4 is 23.2 Å². The van der Waals surface area contributed by atoms with Crippen LogP contribution in [0.2, 0.25) is 0 Å². The molecule has 0 spiro atoms. The van der Waals surface area contributed by atoms with Gasteiger partial charge in [-0.1, -0.05) is 20.8 Å². The first kappa shape index (κ1) is 22.1. The van der Waals surface area contributed by atoms with Crippen LogP contribution >= 0.6 is 11.3 Å². The third-order valence-corrected chi connectivity index (χ3v) is 6.69. The molecule has 1 aliphatic rings. The van der Waals surface area contributed by atoms with E-state index in [0.717, 1.165) is 10.7 Å². The standard InChI is InChI=1S/C22H29N3O4S/c1-14-18(30-21(23-14)22(2,3)4)20(27)25-11-9-24(10-12-25)19(26)15-7-8-16(28-5)17(13-15)29-6/h7-8,13H,9-12H2,1-6H3. The lowest BCUT2D eigenvalue weighted by molar-refractivity contribution is 0.0537. The van der Waals surface area contributed by atoms with Crippen LogP contribution in [0.15, 0.2) is 18.2 Å². The van der Waals surface area contributed by atoms with Crippen molar-refractivity contribution in [3.05, 3.63) is 39.3 Å². The molecule has 0 aliphatic carbocycles. The number of methoxy groups -OCH3 is 2. The van der Waals surface area contributed by atoms with E-state index in [1.54, 1.807) is 37.3 Å². The summed E-state index contributed by atoms with van der Waals surface area (Å²) in [5.74, 6) is 1.03. The van der Waals surface area contributed by atoms with Crippen LogP contribution in [-0.4, -0.2) is 67.0 Å². The van der Waals surface area contributed by atoms with Crippen LogP contribution < -0.4 is 9.47 Å². The van der Waals surface area contributed by atoms with E-state index in [-0.39, 0.29) is 17.2 Å². The Morgan fingerprint density at radius 1 is 0.967 bits per heavy atom. The quantitative estimate of drug-likeness (QED) is 0.742. The molecule has 1 aliphatic heterocycles. The summed E-state index contributed by atoms with van der Waals surface area (Å²) in [6.07, 6.45) is 0. The summed E-state index contributed by atoms with van der Waals surface area (Å²) in [7, 11) is 3.11. The highest BCUT2D eigenvalue weighted by Gasteiger charge is 2.29. The molecule has 162 valence electrons. The molecular weight excluding hydrogens is 402 g/mol. The largest absolute Gasteiger partial charge is 0.493 e. The van der Waals surface area contributed by atoms with Gasteiger partial charge in [-0.15, -0.1) is 11.3 Å². The monoisotopic (exact) mass is 431 g/mol. The molecule has 8 heteroatoms. The zero-order valence-corrected chi connectivity index (χ0v) is 19.3. The molecule has 1 fully saturated rings. The van der Waals surface area contributed by atoms with Crippen molar-refractivity contribution in [3.8, 4) is 11.5 Å². The fraction of sp³-hybridized carbons (Fsp3) is 0.500. The molecule has 2 heterocycles. The summed E-state index contributed by atoms with van der Waals surface area (Å²) in [4.78, 5) is 34.8. The molecule has 2 aromatic rings. The van der Waals surface area contributed by atoms with Crippen molar-refractivity contribution in [2.45, 2.75) is 33.1 Å². The van der Waals surface area contributed by atoms with Gasteiger partial charge in [0, 0.05) is 37.2 Å². The van der Waals surface area contributed by atoms with Crippen molar-refractivity contribution < 1.29 is 19.1 Å². The first-order valence-electron chi connectivity index (χ1n) is 9.94. The number of aromatic nitrogens is 1. The summed E-state index contributed by atoms with van der Waals surface area (Å²) in [6.45, 7) is 10.1. The van der Waals surface area contributed by atoms with Gasteiger partial charge in [0.25, 0.3) is 11.8 Å². The van der Waals surface area contributed by atoms with E-state index in [9.17, 15) is 9.59 Å². The number of carbonyl (C=O) groups excluding carboxylic acids is 2. The Hall–Kier alpha value is -2.61. The minimum absolute atomic E-state index is 0.00119. The normalized spacial score (nSPS) is 14.6. The molecule has 0 saturated carbocycles. The van der Waals surface area contributed by atoms with Gasteiger partial charge in [0.05, 0.1) is 24.9 Å². The second-order valence-corrected chi connectivity index (χ2v) is 9.34. The van der Waals surface area contributed by atoms with E-state index in [4.69, 9.17) is 9.47 Å². The summed E-state index contributed by atoms with van der Waals surface area (Å²) in [5, 5.41) is 0.964. The zero-order chi connectivity index (χ0) is 22.1. The summed E-state index contributed by atoms with van der Waals surface area (Å²) >= 11 is 1.47. The Morgan fingerprint density at radius 3 is 2.03 bits per heavy atom. The third-order valence-electron chi connectivity index (χ3n) is 5.12. The topological polar surface area (TPSA) is 72.0 Å². The van der Waals surface area contributed by atoms with E-state index < -0.39 is 0 Å². The lowest BCUT2D eigenvalue weighted by atomic mass is 9.98. The fourth-order valence-corrected chi connectivity index (χ4v) is 4.42. The molecule has 0 radical (unpaired) electrons. The van der Waals surface area contributed by atoms with Crippen LogP contribution in [-0.2, 0) is 5.41 Å². The SMILES string of the molecule is COc1ccc(C(=O)N2CCN(C(=O)c3sc(C(C)(C)C)nc3C)CC2)cc1OC. The molecule has 2 amide bonds. The number of hydrogen-bond acceptors (Lipinski definition) is 6. The Morgan fingerprint density at radius 2 is 1.53 bits per heavy atom. The molecule has 0 bridgehead atoms. The first-order chi connectivity index (χ1) is 14.2. The number of piperazine rings is 1. The summed E-state index contributed by atoms with van der Waals surface area (Å²) in [6, 6.07) is 5.15. The summed E-state index contributed by atoms with van der Waals surface area (Å²) < 4.78 is 10.5. The van der Waals surface area contributed by atoms with Crippen molar-refractivity contribution in [2.24, 2.45) is 0 Å². The number of nitrogens with zero attached hydrogens (tertiary/aromatic N) is 3. The van der Waals surface area contributed by atoms with Crippen molar-refractivity contribution in [3.63, 3.8) is 0 Å². The maximum absolute atomic E-state index is 13.0. The number of rotatable bonds is 4. The average Bonchev–Trinajstić information content (AvgIpc) is 3.14. The van der Waals surface area contributed by atoms with Gasteiger partial charge in [-0.25, -0.2) is 4.98 Å². The van der Waals surface area contributed by atoms with Crippen molar-refractivity contribution in [1.29, 1.82) is 0 Å². The van der Waals surface area contributed by atoms with Crippen LogP contribution in [0.4, 0.5) is 0 Å². The third kappa shape index (κ3) is 4.43. The van der Waals surface area contributed by atoms with E-state index in [1.807, 2.05) is 11.8 Å². The van der Waals surface area contributed by atoms with Crippen molar-refractivity contribution in [2.75, 3.05) is 40.4 Å². The second kappa shape index (κ2) is 8.63. The van der Waals surface area contributed by atoms with E-state index >= 15 is 0 Å². The molecule has 1 aromatic carbocycles. The Balaban J connectivity index is 1.67. The predicted molar refractivity (Wildman–Crippen MR) is 117 cm³/mol. The average molecular weight is 432 g/mol. The number of benzene rings is 1. The Labute approximate surface area is 181 Å². The van der Waals surface area contributed by atoms with Gasteiger partial charge in [0.1, 0.15) is 4.88 Å². The molecule has 0 atom stereocenters. The molecular formula is C22H29N3O4S. The Bertz CT molecular complexity index is 940. The van der Waals surface area contributed by atoms with Gasteiger partial charge in [-0.3, -0.25) is 9.59 Å². The van der Waals surface area contributed by atoms with E-state index in [1.165, 1.54) is 11.3 Å². The number of amides is 2. The van der Waals surface area contributed by atoms with E-state index in [0.29, 0.717) is 48.1 Å². The van der Waals surface area contributed by atoms with Crippen LogP contribution in [0, 0.1) is 6.92 Å². The number of aryl methyl sites for hydroxylation is 1. The molecule has 30 heavy (non-hydrogen) atoms. The molecule has 3 rings (SSSR count). The van der Waals surface area contributed by atoms with Crippen LogP contribution in [0.5, 0.6) is 11.5 Å². The van der Waals surface area contributed by atoms with Crippen LogP contribution in [0.3, 0.4) is 0 Å². The zero-order valence-electron chi connectivity index (χ0n) is 18.4. The van der Waals surface area contributed by atoms with Gasteiger partial charge in [0.15, 0.2) is 11.5 Å². The van der Waals surface area contributed by atoms with Crippen molar-refractivity contribution in [1.82, 2.24) is 14.8 Å². The predicted octanol–water partition coefficient (Wildman–Crippen LogP) is 3.36. The number of thiazole rings is 1. The lowest BCUT2D eigenvalue weighted by Gasteiger charge is -2.34. The molecule has 7 nitrogen and oxygen atoms in total. The smallest absolute Gasteiger partial charge is 0.265 e. The highest BCUT2D eigenvalue weighted by Crippen LogP contribution is 2.31. The highest BCUT2D eigenvalue weighted by atomic mass is 32.1. The van der Waals surface area contributed by atoms with Crippen LogP contribution in [0.1, 0.15) is 51.5 Å². The number of carbonyl (C=O) groups is 2. The van der Waals surface area contributed by atoms with Gasteiger partial charge >= 0.3 is 0 Å². The van der Waals surface area contributed by atoms with Gasteiger partial charge in [0.2, 0.25) is 0 Å². The Kier molecular flexibility index (Phi) is 6.36. The van der Waals surface area contributed by atoms with E-state index in [2.05, 4.69) is 25.8 Å². The number of hydrogen-bond donors (Lipinski definition) is 0. The second-order valence-electron chi connectivity index (χ2n) is 8.34. The maximum atomic E-state index is 13.0. The molecule has 1 aromatic heterocycles. The highest BCUT2D eigenvalue weighted by molar-refractivity contribution is 7.14. The number of ether oxygens (including phenoxy) is 2. The van der Waals surface area contributed by atoms with Gasteiger partial charge in [-0.2, -0.15) is 0 Å². The lowest BCUT2D eigenvalue weighted by Crippen LogP contribution is -2.50. The molecule has 0 unspecified atom stereocenters. The maximum Gasteiger partial charge on any atom is 0.265 e. The van der Waals surface area contributed by atoms with Crippen LogP contribution in [0.25, 0.3) is 0 Å². The molecule has 1 saturated heterocycles. The minimum atomic E-state index is -0.0848. The first-order valence-corrected chi connectivity index (χ1v) is 10.8. The van der Waals surface area contributed by atoms with Gasteiger partial charge < -0.3 is 19.3 Å².